The molecule has 0 bridgehead atoms. The van der Waals surface area contributed by atoms with Gasteiger partial charge in [-0.05, 0) is 18.6 Å². The van der Waals surface area contributed by atoms with Crippen molar-refractivity contribution < 1.29 is 9.53 Å². The van der Waals surface area contributed by atoms with E-state index in [0.717, 1.165) is 12.8 Å². The maximum absolute atomic E-state index is 11.3. The minimum Gasteiger partial charge on any atom is -0.465 e. The lowest BCUT2D eigenvalue weighted by Crippen LogP contribution is -2.18. The number of hydrogen-bond donors (Lipinski definition) is 1. The van der Waals surface area contributed by atoms with E-state index in [2.05, 4.69) is 27.9 Å². The molecule has 0 spiro atoms. The third kappa shape index (κ3) is 3.80. The molecule has 0 aromatic carbocycles. The van der Waals surface area contributed by atoms with Crippen molar-refractivity contribution in [3.8, 4) is 12.3 Å². The summed E-state index contributed by atoms with van der Waals surface area (Å²) in [7, 11) is 1.34. The SMILES string of the molecule is C#CC(CCC)Nc1cc(C(=O)OC)ccn1. The van der Waals surface area contributed by atoms with Crippen LogP contribution in [0.15, 0.2) is 18.3 Å². The Labute approximate surface area is 101 Å². The largest absolute Gasteiger partial charge is 0.465 e. The molecular formula is C13H16N2O2. The maximum Gasteiger partial charge on any atom is 0.338 e. The number of hydrogen-bond acceptors (Lipinski definition) is 4. The van der Waals surface area contributed by atoms with Crippen molar-refractivity contribution in [2.75, 3.05) is 12.4 Å². The van der Waals surface area contributed by atoms with Crippen LogP contribution in [0.1, 0.15) is 30.1 Å². The van der Waals surface area contributed by atoms with Crippen LogP contribution in [-0.4, -0.2) is 24.1 Å². The number of methoxy groups -OCH3 is 1. The molecule has 0 aliphatic heterocycles. The van der Waals surface area contributed by atoms with Gasteiger partial charge < -0.3 is 10.1 Å². The number of carbonyl (C=O) groups is 1. The Bertz CT molecular complexity index is 424. The number of ether oxygens (including phenoxy) is 1. The van der Waals surface area contributed by atoms with Gasteiger partial charge in [-0.1, -0.05) is 19.3 Å². The van der Waals surface area contributed by atoms with Crippen LogP contribution < -0.4 is 5.32 Å². The lowest BCUT2D eigenvalue weighted by molar-refractivity contribution is 0.0600. The van der Waals surface area contributed by atoms with Crippen LogP contribution in [0.4, 0.5) is 5.82 Å². The summed E-state index contributed by atoms with van der Waals surface area (Å²) in [6.45, 7) is 2.06. The van der Waals surface area contributed by atoms with Crippen molar-refractivity contribution in [3.05, 3.63) is 23.9 Å². The molecule has 1 atom stereocenters. The van der Waals surface area contributed by atoms with E-state index in [1.807, 2.05) is 0 Å². The molecule has 0 fully saturated rings. The second kappa shape index (κ2) is 6.54. The Balaban J connectivity index is 2.78. The number of rotatable bonds is 5. The second-order valence-corrected chi connectivity index (χ2v) is 3.57. The van der Waals surface area contributed by atoms with E-state index in [0.29, 0.717) is 11.4 Å². The van der Waals surface area contributed by atoms with Gasteiger partial charge in [0.25, 0.3) is 0 Å². The number of nitrogens with zero attached hydrogens (tertiary/aromatic N) is 1. The monoisotopic (exact) mass is 232 g/mol. The van der Waals surface area contributed by atoms with Crippen molar-refractivity contribution in [2.24, 2.45) is 0 Å². The fourth-order valence-corrected chi connectivity index (χ4v) is 1.42. The molecular weight excluding hydrogens is 216 g/mol. The van der Waals surface area contributed by atoms with Crippen LogP contribution in [0, 0.1) is 12.3 Å². The second-order valence-electron chi connectivity index (χ2n) is 3.57. The molecule has 1 aromatic heterocycles. The predicted molar refractivity (Wildman–Crippen MR) is 66.7 cm³/mol. The molecule has 0 radical (unpaired) electrons. The highest BCUT2D eigenvalue weighted by atomic mass is 16.5. The van der Waals surface area contributed by atoms with Gasteiger partial charge in [0, 0.05) is 6.20 Å². The van der Waals surface area contributed by atoms with E-state index in [9.17, 15) is 4.79 Å². The lowest BCUT2D eigenvalue weighted by atomic mass is 10.2. The van der Waals surface area contributed by atoms with Gasteiger partial charge >= 0.3 is 5.97 Å². The number of anilines is 1. The van der Waals surface area contributed by atoms with Crippen molar-refractivity contribution >= 4 is 11.8 Å². The molecule has 0 saturated heterocycles. The average molecular weight is 232 g/mol. The van der Waals surface area contributed by atoms with E-state index in [4.69, 9.17) is 6.42 Å². The Kier molecular flexibility index (Phi) is 5.02. The van der Waals surface area contributed by atoms with Gasteiger partial charge in [-0.2, -0.15) is 0 Å². The minimum absolute atomic E-state index is 0.0691. The number of aromatic nitrogens is 1. The highest BCUT2D eigenvalue weighted by Crippen LogP contribution is 2.10. The van der Waals surface area contributed by atoms with E-state index in [1.165, 1.54) is 7.11 Å². The smallest absolute Gasteiger partial charge is 0.338 e. The fourth-order valence-electron chi connectivity index (χ4n) is 1.42. The quantitative estimate of drug-likeness (QED) is 0.624. The van der Waals surface area contributed by atoms with E-state index >= 15 is 0 Å². The highest BCUT2D eigenvalue weighted by molar-refractivity contribution is 5.90. The summed E-state index contributed by atoms with van der Waals surface area (Å²) < 4.78 is 4.64. The lowest BCUT2D eigenvalue weighted by Gasteiger charge is -2.12. The Morgan fingerprint density at radius 1 is 1.71 bits per heavy atom. The fraction of sp³-hybridized carbons (Fsp3) is 0.385. The first-order valence-electron chi connectivity index (χ1n) is 5.48. The first-order valence-corrected chi connectivity index (χ1v) is 5.48. The van der Waals surface area contributed by atoms with Crippen molar-refractivity contribution in [2.45, 2.75) is 25.8 Å². The Morgan fingerprint density at radius 2 is 2.47 bits per heavy atom. The first-order chi connectivity index (χ1) is 8.21. The molecule has 1 N–H and O–H groups in total. The summed E-state index contributed by atoms with van der Waals surface area (Å²) in [5.41, 5.74) is 0.456. The van der Waals surface area contributed by atoms with Gasteiger partial charge in [0.05, 0.1) is 18.7 Å². The van der Waals surface area contributed by atoms with Crippen LogP contribution in [0.2, 0.25) is 0 Å². The van der Waals surface area contributed by atoms with Crippen LogP contribution >= 0.6 is 0 Å². The minimum atomic E-state index is -0.386. The zero-order valence-corrected chi connectivity index (χ0v) is 10.1. The molecule has 0 aliphatic rings. The number of pyridine rings is 1. The normalized spacial score (nSPS) is 11.4. The Hall–Kier alpha value is -2.02. The molecule has 17 heavy (non-hydrogen) atoms. The van der Waals surface area contributed by atoms with Gasteiger partial charge in [-0.15, -0.1) is 6.42 Å². The van der Waals surface area contributed by atoms with Crippen molar-refractivity contribution in [3.63, 3.8) is 0 Å². The molecule has 90 valence electrons. The molecule has 0 saturated carbocycles. The average Bonchev–Trinajstić information content (AvgIpc) is 2.37. The topological polar surface area (TPSA) is 51.2 Å². The highest BCUT2D eigenvalue weighted by Gasteiger charge is 2.08. The molecule has 1 unspecified atom stereocenters. The number of esters is 1. The van der Waals surface area contributed by atoms with Crippen LogP contribution in [0.5, 0.6) is 0 Å². The van der Waals surface area contributed by atoms with Gasteiger partial charge in [0.2, 0.25) is 0 Å². The summed E-state index contributed by atoms with van der Waals surface area (Å²) >= 11 is 0. The summed E-state index contributed by atoms with van der Waals surface area (Å²) in [5, 5.41) is 3.09. The first kappa shape index (κ1) is 13.0. The van der Waals surface area contributed by atoms with E-state index in [1.54, 1.807) is 18.3 Å². The standard InChI is InChI=1S/C13H16N2O2/c1-4-6-11(5-2)15-12-9-10(7-8-14-12)13(16)17-3/h2,7-9,11H,4,6H2,1,3H3,(H,14,15). The number of terminal acetylenes is 1. The third-order valence-electron chi connectivity index (χ3n) is 2.28. The van der Waals surface area contributed by atoms with Crippen LogP contribution in [0.3, 0.4) is 0 Å². The number of carbonyl (C=O) groups excluding carboxylic acids is 1. The van der Waals surface area contributed by atoms with Gasteiger partial charge in [0.15, 0.2) is 0 Å². The summed E-state index contributed by atoms with van der Waals surface area (Å²) in [6.07, 6.45) is 8.79. The van der Waals surface area contributed by atoms with Crippen LogP contribution in [-0.2, 0) is 4.74 Å². The molecule has 0 aliphatic carbocycles. The van der Waals surface area contributed by atoms with Crippen molar-refractivity contribution in [1.29, 1.82) is 0 Å². The van der Waals surface area contributed by atoms with E-state index < -0.39 is 0 Å². The molecule has 1 aromatic rings. The molecule has 1 heterocycles. The summed E-state index contributed by atoms with van der Waals surface area (Å²) in [6, 6.07) is 3.16. The number of nitrogens with one attached hydrogen (secondary N) is 1. The van der Waals surface area contributed by atoms with Crippen molar-refractivity contribution in [1.82, 2.24) is 4.98 Å². The molecule has 1 rings (SSSR count). The zero-order chi connectivity index (χ0) is 12.7. The maximum atomic E-state index is 11.3. The third-order valence-corrected chi connectivity index (χ3v) is 2.28. The van der Waals surface area contributed by atoms with Gasteiger partial charge in [0.1, 0.15) is 5.82 Å². The Morgan fingerprint density at radius 3 is 3.06 bits per heavy atom. The molecule has 4 heteroatoms. The zero-order valence-electron chi connectivity index (χ0n) is 10.1. The van der Waals surface area contributed by atoms with Gasteiger partial charge in [-0.25, -0.2) is 9.78 Å². The van der Waals surface area contributed by atoms with Gasteiger partial charge in [-0.3, -0.25) is 0 Å². The summed E-state index contributed by atoms with van der Waals surface area (Å²) in [5.74, 6) is 2.85. The van der Waals surface area contributed by atoms with Crippen LogP contribution in [0.25, 0.3) is 0 Å². The predicted octanol–water partition coefficient (Wildman–Crippen LogP) is 2.08. The summed E-state index contributed by atoms with van der Waals surface area (Å²) in [4.78, 5) is 15.4. The molecule has 4 nitrogen and oxygen atoms in total. The molecule has 0 amide bonds. The van der Waals surface area contributed by atoms with E-state index in [-0.39, 0.29) is 12.0 Å².